The lowest BCUT2D eigenvalue weighted by atomic mass is 9.69. The number of likely N-dealkylation sites (tertiary alicyclic amines) is 1. The van der Waals surface area contributed by atoms with Gasteiger partial charge >= 0.3 is 12.2 Å². The Morgan fingerprint density at radius 2 is 1.73 bits per heavy atom. The number of carboxylic acid groups (broad SMARTS) is 1. The lowest BCUT2D eigenvalue weighted by Gasteiger charge is -2.45. The highest BCUT2D eigenvalue weighted by atomic mass is 35.5. The van der Waals surface area contributed by atoms with Crippen molar-refractivity contribution in [3.05, 3.63) is 70.2 Å². The molecule has 0 aliphatic carbocycles. The van der Waals surface area contributed by atoms with E-state index in [1.54, 1.807) is 32.9 Å². The monoisotopic (exact) mass is 627 g/mol. The Morgan fingerprint density at radius 3 is 2.27 bits per heavy atom. The van der Waals surface area contributed by atoms with Crippen LogP contribution < -0.4 is 16.0 Å². The Balaban J connectivity index is 1.68. The first-order valence-corrected chi connectivity index (χ1v) is 14.7. The average molecular weight is 628 g/mol. The second kappa shape index (κ2) is 13.3. The van der Waals surface area contributed by atoms with Gasteiger partial charge in [0, 0.05) is 29.6 Å². The van der Waals surface area contributed by atoms with Gasteiger partial charge < -0.3 is 20.5 Å². The molecule has 12 heteroatoms. The number of nitrogens with one attached hydrogen (secondary N) is 4. The van der Waals surface area contributed by atoms with E-state index in [9.17, 15) is 24.3 Å². The summed E-state index contributed by atoms with van der Waals surface area (Å²) in [5.74, 6) is -1.40. The Kier molecular flexibility index (Phi) is 10.4. The van der Waals surface area contributed by atoms with Crippen molar-refractivity contribution in [1.82, 2.24) is 20.9 Å². The van der Waals surface area contributed by atoms with Gasteiger partial charge in [0.2, 0.25) is 11.8 Å². The average Bonchev–Trinajstić information content (AvgIpc) is 3.34. The standard InChI is InChI=1S/C32H42ClN5O6/c1-19(26(39)35-17-22-14-13-21(15-24(22)33)25(34)37-28(41)44-31(5,6)7)36-27(40)32(30(2,3)4)16-23(18-38(32)29(42)43)20-11-9-8-10-12-20/h8-15,19,23H,16-18H2,1-7H3,(H,35,39)(H,36,40)(H,42,43)(H2,34,37,41)/t19?,23-,32-/m0/s1. The molecule has 0 bridgehead atoms. The van der Waals surface area contributed by atoms with Gasteiger partial charge in [0.05, 0.1) is 0 Å². The molecule has 5 N–H and O–H groups in total. The number of nitrogens with zero attached hydrogens (tertiary/aromatic N) is 1. The van der Waals surface area contributed by atoms with Crippen LogP contribution in [0.5, 0.6) is 0 Å². The van der Waals surface area contributed by atoms with E-state index in [1.165, 1.54) is 17.9 Å². The molecule has 1 aliphatic heterocycles. The Bertz CT molecular complexity index is 1420. The molecule has 0 saturated carbocycles. The third-order valence-electron chi connectivity index (χ3n) is 7.69. The Morgan fingerprint density at radius 1 is 1.09 bits per heavy atom. The van der Waals surface area contributed by atoms with Crippen LogP contribution in [0.3, 0.4) is 0 Å². The van der Waals surface area contributed by atoms with E-state index in [2.05, 4.69) is 16.0 Å². The van der Waals surface area contributed by atoms with E-state index in [-0.39, 0.29) is 36.3 Å². The first kappa shape index (κ1) is 34.4. The molecule has 0 spiro atoms. The molecule has 1 saturated heterocycles. The number of hydrogen-bond acceptors (Lipinski definition) is 6. The highest BCUT2D eigenvalue weighted by Gasteiger charge is 2.60. The van der Waals surface area contributed by atoms with Crippen LogP contribution in [-0.4, -0.2) is 63.6 Å². The van der Waals surface area contributed by atoms with E-state index in [1.807, 2.05) is 51.1 Å². The zero-order chi connectivity index (χ0) is 33.0. The molecular formula is C32H42ClN5O6. The summed E-state index contributed by atoms with van der Waals surface area (Å²) in [5.41, 5.74) is -1.07. The van der Waals surface area contributed by atoms with E-state index >= 15 is 0 Å². The van der Waals surface area contributed by atoms with Crippen molar-refractivity contribution in [1.29, 1.82) is 5.41 Å². The molecular weight excluding hydrogens is 586 g/mol. The number of benzene rings is 2. The van der Waals surface area contributed by atoms with Crippen molar-refractivity contribution < 1.29 is 29.0 Å². The number of halogens is 1. The molecule has 2 aromatic carbocycles. The summed E-state index contributed by atoms with van der Waals surface area (Å²) >= 11 is 6.41. The number of hydrogen-bond donors (Lipinski definition) is 5. The van der Waals surface area contributed by atoms with Gasteiger partial charge in [-0.25, -0.2) is 9.59 Å². The van der Waals surface area contributed by atoms with Crippen LogP contribution in [0.4, 0.5) is 9.59 Å². The van der Waals surface area contributed by atoms with Crippen LogP contribution in [0.15, 0.2) is 48.5 Å². The normalized spacial score (nSPS) is 19.1. The zero-order valence-corrected chi connectivity index (χ0v) is 27.0. The zero-order valence-electron chi connectivity index (χ0n) is 26.2. The molecule has 0 aromatic heterocycles. The second-order valence-corrected chi connectivity index (χ2v) is 13.4. The minimum Gasteiger partial charge on any atom is -0.465 e. The van der Waals surface area contributed by atoms with Crippen molar-refractivity contribution in [3.63, 3.8) is 0 Å². The maximum atomic E-state index is 13.9. The van der Waals surface area contributed by atoms with Gasteiger partial charge in [-0.05, 0) is 56.7 Å². The minimum atomic E-state index is -1.41. The van der Waals surface area contributed by atoms with Gasteiger partial charge in [0.25, 0.3) is 0 Å². The number of alkyl carbamates (subject to hydrolysis) is 1. The predicted octanol–water partition coefficient (Wildman–Crippen LogP) is 5.26. The summed E-state index contributed by atoms with van der Waals surface area (Å²) in [6.45, 7) is 12.4. The fraction of sp³-hybridized carbons (Fsp3) is 0.469. The van der Waals surface area contributed by atoms with Gasteiger partial charge in [-0.1, -0.05) is 74.8 Å². The van der Waals surface area contributed by atoms with Crippen molar-refractivity contribution >= 4 is 41.4 Å². The summed E-state index contributed by atoms with van der Waals surface area (Å²) < 4.78 is 5.17. The molecule has 11 nitrogen and oxygen atoms in total. The highest BCUT2D eigenvalue weighted by molar-refractivity contribution is 6.31. The molecule has 0 radical (unpaired) electrons. The van der Waals surface area contributed by atoms with Gasteiger partial charge in [0.1, 0.15) is 23.0 Å². The minimum absolute atomic E-state index is 0.0345. The van der Waals surface area contributed by atoms with E-state index < -0.39 is 46.6 Å². The SMILES string of the molecule is CC(NC(=O)[C@]1(C(C)(C)C)C[C@H](c2ccccc2)CN1C(=O)O)C(=O)NCc1ccc(C(=N)NC(=O)OC(C)(C)C)cc1Cl. The van der Waals surface area contributed by atoms with Crippen LogP contribution >= 0.6 is 11.6 Å². The molecule has 3 rings (SSSR count). The van der Waals surface area contributed by atoms with E-state index in [0.717, 1.165) is 5.56 Å². The van der Waals surface area contributed by atoms with Crippen LogP contribution in [-0.2, 0) is 20.9 Å². The fourth-order valence-electron chi connectivity index (χ4n) is 5.41. The van der Waals surface area contributed by atoms with Crippen molar-refractivity contribution in [3.8, 4) is 0 Å². The van der Waals surface area contributed by atoms with E-state index in [0.29, 0.717) is 11.1 Å². The number of carbonyl (C=O) groups is 4. The molecule has 238 valence electrons. The Hall–Kier alpha value is -4.12. The number of carbonyl (C=O) groups excluding carboxylic acids is 3. The van der Waals surface area contributed by atoms with Crippen LogP contribution in [0.25, 0.3) is 0 Å². The van der Waals surface area contributed by atoms with Gasteiger partial charge in [-0.2, -0.15) is 0 Å². The van der Waals surface area contributed by atoms with E-state index in [4.69, 9.17) is 21.7 Å². The number of ether oxygens (including phenoxy) is 1. The van der Waals surface area contributed by atoms with Gasteiger partial charge in [-0.15, -0.1) is 0 Å². The molecule has 1 heterocycles. The van der Waals surface area contributed by atoms with Gasteiger partial charge in [0.15, 0.2) is 0 Å². The number of amides is 4. The van der Waals surface area contributed by atoms with Crippen molar-refractivity contribution in [2.45, 2.75) is 84.5 Å². The lowest BCUT2D eigenvalue weighted by Crippen LogP contribution is -2.65. The summed E-state index contributed by atoms with van der Waals surface area (Å²) in [6.07, 6.45) is -1.69. The lowest BCUT2D eigenvalue weighted by molar-refractivity contribution is -0.140. The Labute approximate surface area is 263 Å². The highest BCUT2D eigenvalue weighted by Crippen LogP contribution is 2.49. The number of amidine groups is 1. The molecule has 1 fully saturated rings. The predicted molar refractivity (Wildman–Crippen MR) is 168 cm³/mol. The van der Waals surface area contributed by atoms with Crippen molar-refractivity contribution in [2.24, 2.45) is 5.41 Å². The van der Waals surface area contributed by atoms with Crippen LogP contribution in [0.1, 0.15) is 77.5 Å². The van der Waals surface area contributed by atoms with Crippen LogP contribution in [0, 0.1) is 10.8 Å². The second-order valence-electron chi connectivity index (χ2n) is 13.0. The molecule has 44 heavy (non-hydrogen) atoms. The third-order valence-corrected chi connectivity index (χ3v) is 8.04. The summed E-state index contributed by atoms with van der Waals surface area (Å²) in [5, 5.41) is 26.4. The first-order chi connectivity index (χ1) is 20.4. The molecule has 1 unspecified atom stereocenters. The molecule has 1 aliphatic rings. The largest absolute Gasteiger partial charge is 0.465 e. The molecule has 4 amide bonds. The summed E-state index contributed by atoms with van der Waals surface area (Å²) in [7, 11) is 0. The molecule has 2 aromatic rings. The molecule has 3 atom stereocenters. The maximum Gasteiger partial charge on any atom is 0.413 e. The van der Waals surface area contributed by atoms with Crippen LogP contribution in [0.2, 0.25) is 5.02 Å². The summed E-state index contributed by atoms with van der Waals surface area (Å²) in [6, 6.07) is 13.2. The van der Waals surface area contributed by atoms with Crippen molar-refractivity contribution in [2.75, 3.05) is 6.54 Å². The smallest absolute Gasteiger partial charge is 0.413 e. The quantitative estimate of drug-likeness (QED) is 0.208. The summed E-state index contributed by atoms with van der Waals surface area (Å²) in [4.78, 5) is 52.6. The van der Waals surface area contributed by atoms with Gasteiger partial charge in [-0.3, -0.25) is 25.2 Å². The fourth-order valence-corrected chi connectivity index (χ4v) is 5.65. The third kappa shape index (κ3) is 7.88. The topological polar surface area (TPSA) is 161 Å². The first-order valence-electron chi connectivity index (χ1n) is 14.4. The number of rotatable bonds is 7. The maximum absolute atomic E-state index is 13.9.